The van der Waals surface area contributed by atoms with E-state index in [1.54, 1.807) is 0 Å². The second-order valence-electron chi connectivity index (χ2n) is 9.40. The Balaban J connectivity index is 1.52. The van der Waals surface area contributed by atoms with Crippen LogP contribution in [-0.4, -0.2) is 28.3 Å². The molecule has 33 heavy (non-hydrogen) atoms. The number of benzene rings is 3. The molecular formula is C28H27BN2O2. The lowest BCUT2D eigenvalue weighted by Gasteiger charge is -2.32. The van der Waals surface area contributed by atoms with Crippen LogP contribution in [0, 0.1) is 0 Å². The van der Waals surface area contributed by atoms with Crippen LogP contribution in [0.4, 0.5) is 0 Å². The summed E-state index contributed by atoms with van der Waals surface area (Å²) >= 11 is 0. The Morgan fingerprint density at radius 1 is 0.576 bits per heavy atom. The first-order valence-corrected chi connectivity index (χ1v) is 11.3. The van der Waals surface area contributed by atoms with Gasteiger partial charge in [0.15, 0.2) is 5.82 Å². The third-order valence-electron chi connectivity index (χ3n) is 6.56. The minimum Gasteiger partial charge on any atom is -0.399 e. The predicted molar refractivity (Wildman–Crippen MR) is 134 cm³/mol. The van der Waals surface area contributed by atoms with Gasteiger partial charge in [-0.3, -0.25) is 0 Å². The summed E-state index contributed by atoms with van der Waals surface area (Å²) in [4.78, 5) is 9.80. The van der Waals surface area contributed by atoms with Crippen LogP contribution in [0.3, 0.4) is 0 Å². The Kier molecular flexibility index (Phi) is 5.39. The largest absolute Gasteiger partial charge is 0.494 e. The first-order chi connectivity index (χ1) is 15.8. The molecule has 0 unspecified atom stereocenters. The second-order valence-corrected chi connectivity index (χ2v) is 9.40. The molecule has 0 bridgehead atoms. The molecule has 2 heterocycles. The van der Waals surface area contributed by atoms with Gasteiger partial charge >= 0.3 is 7.12 Å². The van der Waals surface area contributed by atoms with E-state index < -0.39 is 0 Å². The molecule has 0 amide bonds. The van der Waals surface area contributed by atoms with E-state index in [0.29, 0.717) is 5.82 Å². The second kappa shape index (κ2) is 8.25. The highest BCUT2D eigenvalue weighted by molar-refractivity contribution is 6.62. The van der Waals surface area contributed by atoms with Crippen LogP contribution in [0.1, 0.15) is 27.7 Å². The standard InChI is InChI=1S/C28H27BN2O2/c1-27(2)28(3,4)33-29(32-27)23-17-15-22(16-18-23)26-30-24(20-11-7-5-8-12-20)19-25(31-26)21-13-9-6-10-14-21/h5-19H,1-4H3. The van der Waals surface area contributed by atoms with Crippen LogP contribution in [0.25, 0.3) is 33.9 Å². The molecule has 3 aromatic carbocycles. The van der Waals surface area contributed by atoms with Crippen molar-refractivity contribution in [3.8, 4) is 33.9 Å². The van der Waals surface area contributed by atoms with Crippen LogP contribution < -0.4 is 5.46 Å². The highest BCUT2D eigenvalue weighted by atomic mass is 16.7. The lowest BCUT2D eigenvalue weighted by atomic mass is 9.79. The number of rotatable bonds is 4. The van der Waals surface area contributed by atoms with Crippen LogP contribution in [0.5, 0.6) is 0 Å². The van der Waals surface area contributed by atoms with Gasteiger partial charge in [-0.1, -0.05) is 84.9 Å². The molecule has 0 spiro atoms. The zero-order chi connectivity index (χ0) is 23.1. The molecule has 1 aromatic heterocycles. The Morgan fingerprint density at radius 2 is 1.03 bits per heavy atom. The SMILES string of the molecule is CC1(C)OB(c2ccc(-c3nc(-c4ccccc4)cc(-c4ccccc4)n3)cc2)OC1(C)C. The van der Waals surface area contributed by atoms with Crippen molar-refractivity contribution in [2.24, 2.45) is 0 Å². The minimum atomic E-state index is -0.388. The zero-order valence-corrected chi connectivity index (χ0v) is 19.4. The predicted octanol–water partition coefficient (Wildman–Crippen LogP) is 5.78. The normalized spacial score (nSPS) is 16.7. The third kappa shape index (κ3) is 4.22. The Hall–Kier alpha value is -3.28. The third-order valence-corrected chi connectivity index (χ3v) is 6.56. The maximum Gasteiger partial charge on any atom is 0.494 e. The molecule has 4 nitrogen and oxygen atoms in total. The Labute approximate surface area is 195 Å². The fourth-order valence-electron chi connectivity index (χ4n) is 3.86. The molecule has 1 aliphatic heterocycles. The first-order valence-electron chi connectivity index (χ1n) is 11.3. The number of nitrogens with zero attached hydrogens (tertiary/aromatic N) is 2. The molecule has 4 aromatic rings. The monoisotopic (exact) mass is 434 g/mol. The molecule has 0 radical (unpaired) electrons. The highest BCUT2D eigenvalue weighted by Crippen LogP contribution is 2.36. The zero-order valence-electron chi connectivity index (χ0n) is 19.4. The molecule has 1 aliphatic rings. The van der Waals surface area contributed by atoms with E-state index in [1.807, 2.05) is 66.7 Å². The maximum absolute atomic E-state index is 6.20. The summed E-state index contributed by atoms with van der Waals surface area (Å²) in [6, 6.07) is 30.6. The summed E-state index contributed by atoms with van der Waals surface area (Å²) in [6.45, 7) is 8.26. The van der Waals surface area contributed by atoms with E-state index in [9.17, 15) is 0 Å². The Morgan fingerprint density at radius 3 is 1.48 bits per heavy atom. The summed E-state index contributed by atoms with van der Waals surface area (Å²) in [5.74, 6) is 0.690. The van der Waals surface area contributed by atoms with Gasteiger partial charge in [-0.15, -0.1) is 0 Å². The van der Waals surface area contributed by atoms with Crippen molar-refractivity contribution < 1.29 is 9.31 Å². The molecule has 164 valence electrons. The summed E-state index contributed by atoms with van der Waals surface area (Å²) in [6.07, 6.45) is 0. The summed E-state index contributed by atoms with van der Waals surface area (Å²) < 4.78 is 12.4. The van der Waals surface area contributed by atoms with Crippen molar-refractivity contribution in [1.29, 1.82) is 0 Å². The highest BCUT2D eigenvalue weighted by Gasteiger charge is 2.51. The van der Waals surface area contributed by atoms with Gasteiger partial charge in [0.1, 0.15) is 0 Å². The number of hydrogen-bond acceptors (Lipinski definition) is 4. The minimum absolute atomic E-state index is 0.367. The van der Waals surface area contributed by atoms with Gasteiger partial charge in [0, 0.05) is 16.7 Å². The molecule has 5 rings (SSSR count). The van der Waals surface area contributed by atoms with Crippen molar-refractivity contribution in [3.05, 3.63) is 91.0 Å². The molecule has 5 heteroatoms. The summed E-state index contributed by atoms with van der Waals surface area (Å²) in [7, 11) is -0.388. The molecule has 0 atom stereocenters. The van der Waals surface area contributed by atoms with Crippen LogP contribution in [0.2, 0.25) is 0 Å². The van der Waals surface area contributed by atoms with Gasteiger partial charge in [0.2, 0.25) is 0 Å². The van der Waals surface area contributed by atoms with E-state index in [2.05, 4.69) is 52.0 Å². The molecular weight excluding hydrogens is 407 g/mol. The first kappa shape index (κ1) is 21.6. The van der Waals surface area contributed by atoms with E-state index in [4.69, 9.17) is 19.3 Å². The molecule has 0 aliphatic carbocycles. The summed E-state index contributed by atoms with van der Waals surface area (Å²) in [5, 5.41) is 0. The number of aromatic nitrogens is 2. The van der Waals surface area contributed by atoms with E-state index in [0.717, 1.165) is 33.5 Å². The van der Waals surface area contributed by atoms with Crippen molar-refractivity contribution in [1.82, 2.24) is 9.97 Å². The van der Waals surface area contributed by atoms with Crippen molar-refractivity contribution in [2.45, 2.75) is 38.9 Å². The molecule has 0 saturated carbocycles. The van der Waals surface area contributed by atoms with Gasteiger partial charge in [0.05, 0.1) is 22.6 Å². The topological polar surface area (TPSA) is 44.2 Å². The quantitative estimate of drug-likeness (QED) is 0.382. The number of hydrogen-bond donors (Lipinski definition) is 0. The van der Waals surface area contributed by atoms with Crippen LogP contribution in [0.15, 0.2) is 91.0 Å². The molecule has 1 saturated heterocycles. The average Bonchev–Trinajstić information content (AvgIpc) is 3.07. The van der Waals surface area contributed by atoms with E-state index in [-0.39, 0.29) is 18.3 Å². The lowest BCUT2D eigenvalue weighted by molar-refractivity contribution is 0.00578. The van der Waals surface area contributed by atoms with Crippen LogP contribution in [-0.2, 0) is 9.31 Å². The van der Waals surface area contributed by atoms with E-state index >= 15 is 0 Å². The smallest absolute Gasteiger partial charge is 0.399 e. The van der Waals surface area contributed by atoms with Gasteiger partial charge in [-0.25, -0.2) is 9.97 Å². The maximum atomic E-state index is 6.20. The van der Waals surface area contributed by atoms with Gasteiger partial charge < -0.3 is 9.31 Å². The Bertz CT molecular complexity index is 1180. The van der Waals surface area contributed by atoms with Gasteiger partial charge in [0.25, 0.3) is 0 Å². The molecule has 0 N–H and O–H groups in total. The van der Waals surface area contributed by atoms with Gasteiger partial charge in [-0.2, -0.15) is 0 Å². The fourth-order valence-corrected chi connectivity index (χ4v) is 3.86. The van der Waals surface area contributed by atoms with E-state index in [1.165, 1.54) is 0 Å². The fraction of sp³-hybridized carbons (Fsp3) is 0.214. The van der Waals surface area contributed by atoms with Crippen LogP contribution >= 0.6 is 0 Å². The summed E-state index contributed by atoms with van der Waals surface area (Å²) in [5.41, 5.74) is 5.12. The van der Waals surface area contributed by atoms with Crippen molar-refractivity contribution >= 4 is 12.6 Å². The lowest BCUT2D eigenvalue weighted by Crippen LogP contribution is -2.41. The van der Waals surface area contributed by atoms with Gasteiger partial charge in [-0.05, 0) is 39.2 Å². The average molecular weight is 434 g/mol. The molecule has 1 fully saturated rings. The van der Waals surface area contributed by atoms with Crippen molar-refractivity contribution in [2.75, 3.05) is 0 Å². The van der Waals surface area contributed by atoms with Crippen molar-refractivity contribution in [3.63, 3.8) is 0 Å².